The second-order valence-electron chi connectivity index (χ2n) is 7.55. The minimum absolute atomic E-state index is 0.0370. The molecule has 2 aromatic rings. The van der Waals surface area contributed by atoms with Crippen LogP contribution < -0.4 is 4.43 Å². The molecule has 24 heavy (non-hydrogen) atoms. The molecule has 0 aliphatic carbocycles. The summed E-state index contributed by atoms with van der Waals surface area (Å²) in [5.74, 6) is 0.878. The van der Waals surface area contributed by atoms with E-state index in [0.717, 1.165) is 16.6 Å². The summed E-state index contributed by atoms with van der Waals surface area (Å²) in [5, 5.41) is 0.944. The summed E-state index contributed by atoms with van der Waals surface area (Å²) in [5.41, 5.74) is 2.55. The van der Waals surface area contributed by atoms with Crippen molar-refractivity contribution >= 4 is 30.0 Å². The molecule has 2 rings (SSSR count). The van der Waals surface area contributed by atoms with Gasteiger partial charge >= 0.3 is 0 Å². The highest BCUT2D eigenvalue weighted by Crippen LogP contribution is 2.37. The fourth-order valence-corrected chi connectivity index (χ4v) is 3.44. The zero-order valence-electron chi connectivity index (χ0n) is 15.0. The molecule has 0 unspecified atom stereocenters. The van der Waals surface area contributed by atoms with E-state index in [1.807, 2.05) is 48.5 Å². The number of carbonyl (C=O) groups excluding carboxylic acids is 1. The average Bonchev–Trinajstić information content (AvgIpc) is 2.53. The van der Waals surface area contributed by atoms with Crippen LogP contribution in [0.25, 0.3) is 0 Å². The lowest BCUT2D eigenvalue weighted by Gasteiger charge is -2.36. The number of hydrogen-bond acceptors (Lipinski definition) is 2. The SMILES string of the molecule is CC(C)(C)[Si](C)(C)Oc1ccc(C(=O)c2ccc(CBr)cc2)cc1. The van der Waals surface area contributed by atoms with E-state index in [2.05, 4.69) is 49.8 Å². The van der Waals surface area contributed by atoms with Crippen LogP contribution in [0.3, 0.4) is 0 Å². The first kappa shape index (κ1) is 18.9. The Balaban J connectivity index is 2.15. The maximum absolute atomic E-state index is 12.6. The van der Waals surface area contributed by atoms with Gasteiger partial charge in [0.1, 0.15) is 5.75 Å². The van der Waals surface area contributed by atoms with Gasteiger partial charge in [-0.2, -0.15) is 0 Å². The Morgan fingerprint density at radius 3 is 1.83 bits per heavy atom. The van der Waals surface area contributed by atoms with Crippen molar-refractivity contribution < 1.29 is 9.22 Å². The van der Waals surface area contributed by atoms with Crippen molar-refractivity contribution in [2.24, 2.45) is 0 Å². The summed E-state index contributed by atoms with van der Waals surface area (Å²) in [7, 11) is -1.85. The highest BCUT2D eigenvalue weighted by atomic mass is 79.9. The van der Waals surface area contributed by atoms with Gasteiger partial charge in [0.2, 0.25) is 8.32 Å². The fraction of sp³-hybridized carbons (Fsp3) is 0.350. The van der Waals surface area contributed by atoms with E-state index in [1.54, 1.807) is 0 Å². The van der Waals surface area contributed by atoms with Crippen molar-refractivity contribution in [3.8, 4) is 5.75 Å². The van der Waals surface area contributed by atoms with E-state index in [0.29, 0.717) is 11.1 Å². The summed E-state index contributed by atoms with van der Waals surface area (Å²) in [6.45, 7) is 11.1. The normalized spacial score (nSPS) is 12.1. The van der Waals surface area contributed by atoms with Crippen LogP contribution in [0.1, 0.15) is 42.3 Å². The lowest BCUT2D eigenvalue weighted by molar-refractivity contribution is 0.103. The second-order valence-corrected chi connectivity index (χ2v) is 12.8. The van der Waals surface area contributed by atoms with Crippen molar-refractivity contribution in [1.82, 2.24) is 0 Å². The molecule has 0 spiro atoms. The number of rotatable bonds is 5. The molecule has 0 heterocycles. The molecule has 4 heteroatoms. The number of alkyl halides is 1. The summed E-state index contributed by atoms with van der Waals surface area (Å²) in [6, 6.07) is 15.2. The van der Waals surface area contributed by atoms with Crippen molar-refractivity contribution in [3.05, 3.63) is 65.2 Å². The van der Waals surface area contributed by atoms with Gasteiger partial charge in [0.05, 0.1) is 0 Å². The highest BCUT2D eigenvalue weighted by Gasteiger charge is 2.38. The molecule has 2 nitrogen and oxygen atoms in total. The molecule has 0 atom stereocenters. The van der Waals surface area contributed by atoms with Gasteiger partial charge in [0.25, 0.3) is 0 Å². The molecular formula is C20H25BrO2Si. The highest BCUT2D eigenvalue weighted by molar-refractivity contribution is 9.08. The topological polar surface area (TPSA) is 26.3 Å². The summed E-state index contributed by atoms with van der Waals surface area (Å²) in [4.78, 5) is 12.6. The van der Waals surface area contributed by atoms with Crippen LogP contribution in [0.15, 0.2) is 48.5 Å². The Kier molecular flexibility index (Phi) is 5.71. The predicted octanol–water partition coefficient (Wildman–Crippen LogP) is 6.20. The van der Waals surface area contributed by atoms with Gasteiger partial charge in [-0.1, -0.05) is 61.0 Å². The molecule has 128 valence electrons. The maximum atomic E-state index is 12.6. The fourth-order valence-electron chi connectivity index (χ4n) is 2.03. The number of ketones is 1. The molecular weight excluding hydrogens is 380 g/mol. The van der Waals surface area contributed by atoms with Gasteiger partial charge in [-0.05, 0) is 48.0 Å². The van der Waals surface area contributed by atoms with Crippen LogP contribution in [0.4, 0.5) is 0 Å². The Hall–Kier alpha value is -1.39. The zero-order chi connectivity index (χ0) is 18.0. The van der Waals surface area contributed by atoms with Crippen LogP contribution >= 0.6 is 15.9 Å². The molecule has 0 aliphatic heterocycles. The molecule has 0 aliphatic rings. The molecule has 0 bridgehead atoms. The van der Waals surface area contributed by atoms with Crippen LogP contribution in [0.5, 0.6) is 5.75 Å². The quantitative estimate of drug-likeness (QED) is 0.337. The van der Waals surface area contributed by atoms with Crippen molar-refractivity contribution in [1.29, 1.82) is 0 Å². The largest absolute Gasteiger partial charge is 0.544 e. The molecule has 0 fully saturated rings. The molecule has 0 radical (unpaired) electrons. The predicted molar refractivity (Wildman–Crippen MR) is 107 cm³/mol. The van der Waals surface area contributed by atoms with E-state index in [9.17, 15) is 4.79 Å². The Morgan fingerprint density at radius 1 is 0.958 bits per heavy atom. The first-order valence-electron chi connectivity index (χ1n) is 8.13. The Bertz CT molecular complexity index is 698. The van der Waals surface area contributed by atoms with Crippen LogP contribution in [-0.2, 0) is 5.33 Å². The Morgan fingerprint density at radius 2 is 1.42 bits per heavy atom. The summed E-state index contributed by atoms with van der Waals surface area (Å²) in [6.07, 6.45) is 0. The monoisotopic (exact) mass is 404 g/mol. The first-order chi connectivity index (χ1) is 11.1. The van der Waals surface area contributed by atoms with Crippen LogP contribution in [0.2, 0.25) is 18.1 Å². The summed E-state index contributed by atoms with van der Waals surface area (Å²) >= 11 is 3.41. The molecule has 0 saturated heterocycles. The standard InChI is InChI=1S/C20H25BrO2Si/c1-20(2,3)24(4,5)23-18-12-10-17(11-13-18)19(22)16-8-6-15(14-21)7-9-16/h6-13H,14H2,1-5H3. The minimum atomic E-state index is -1.85. The lowest BCUT2D eigenvalue weighted by atomic mass is 10.0. The summed E-state index contributed by atoms with van der Waals surface area (Å²) < 4.78 is 6.26. The van der Waals surface area contributed by atoms with E-state index in [4.69, 9.17) is 4.43 Å². The van der Waals surface area contributed by atoms with E-state index in [1.165, 1.54) is 0 Å². The first-order valence-corrected chi connectivity index (χ1v) is 12.2. The smallest absolute Gasteiger partial charge is 0.250 e. The number of carbonyl (C=O) groups is 1. The number of benzene rings is 2. The molecule has 0 aromatic heterocycles. The van der Waals surface area contributed by atoms with Gasteiger partial charge < -0.3 is 4.43 Å². The number of hydrogen-bond donors (Lipinski definition) is 0. The van der Waals surface area contributed by atoms with Gasteiger partial charge in [0.15, 0.2) is 5.78 Å². The van der Waals surface area contributed by atoms with Crippen molar-refractivity contribution in [2.45, 2.75) is 44.2 Å². The van der Waals surface area contributed by atoms with Gasteiger partial charge in [-0.25, -0.2) is 0 Å². The zero-order valence-corrected chi connectivity index (χ0v) is 17.6. The third-order valence-electron chi connectivity index (χ3n) is 4.67. The lowest BCUT2D eigenvalue weighted by Crippen LogP contribution is -2.43. The molecule has 0 N–H and O–H groups in total. The van der Waals surface area contributed by atoms with Gasteiger partial charge in [-0.3, -0.25) is 4.79 Å². The maximum Gasteiger partial charge on any atom is 0.250 e. The van der Waals surface area contributed by atoms with E-state index < -0.39 is 8.32 Å². The molecule has 0 amide bonds. The van der Waals surface area contributed by atoms with E-state index in [-0.39, 0.29) is 10.8 Å². The van der Waals surface area contributed by atoms with Crippen LogP contribution in [-0.4, -0.2) is 14.1 Å². The van der Waals surface area contributed by atoms with E-state index >= 15 is 0 Å². The third kappa shape index (κ3) is 4.36. The van der Waals surface area contributed by atoms with Crippen molar-refractivity contribution in [2.75, 3.05) is 0 Å². The van der Waals surface area contributed by atoms with Crippen molar-refractivity contribution in [3.63, 3.8) is 0 Å². The number of halogens is 1. The minimum Gasteiger partial charge on any atom is -0.544 e. The third-order valence-corrected chi connectivity index (χ3v) is 9.67. The molecule has 0 saturated carbocycles. The average molecular weight is 405 g/mol. The Labute approximate surface area is 154 Å². The molecule has 2 aromatic carbocycles. The van der Waals surface area contributed by atoms with Gasteiger partial charge in [-0.15, -0.1) is 0 Å². The second kappa shape index (κ2) is 7.24. The van der Waals surface area contributed by atoms with Gasteiger partial charge in [0, 0.05) is 16.5 Å². The van der Waals surface area contributed by atoms with Crippen LogP contribution in [0, 0.1) is 0 Å².